The summed E-state index contributed by atoms with van der Waals surface area (Å²) < 4.78 is 0. The second kappa shape index (κ2) is 3.37. The first-order valence-corrected chi connectivity index (χ1v) is 4.84. The average Bonchev–Trinajstić information content (AvgIpc) is 2.16. The normalized spacial score (nSPS) is 24.7. The fourth-order valence-electron chi connectivity index (χ4n) is 1.94. The van der Waals surface area contributed by atoms with Gasteiger partial charge in [-0.2, -0.15) is 0 Å². The number of hydrogen-bond acceptors (Lipinski definition) is 2. The minimum absolute atomic E-state index is 0.349. The van der Waals surface area contributed by atoms with Crippen molar-refractivity contribution in [1.29, 1.82) is 0 Å². The van der Waals surface area contributed by atoms with Gasteiger partial charge in [0.05, 0.1) is 5.76 Å². The van der Waals surface area contributed by atoms with Crippen LogP contribution in [-0.2, 0) is 0 Å². The van der Waals surface area contributed by atoms with Crippen molar-refractivity contribution >= 4 is 0 Å². The van der Waals surface area contributed by atoms with Crippen molar-refractivity contribution in [3.05, 3.63) is 47.4 Å². The Morgan fingerprint density at radius 3 is 2.79 bits per heavy atom. The van der Waals surface area contributed by atoms with E-state index in [4.69, 9.17) is 0 Å². The van der Waals surface area contributed by atoms with E-state index in [1.54, 1.807) is 6.08 Å². The maximum Gasteiger partial charge on any atom is 0.0931 e. The van der Waals surface area contributed by atoms with Crippen molar-refractivity contribution in [2.45, 2.75) is 6.42 Å². The van der Waals surface area contributed by atoms with Crippen LogP contribution in [0.3, 0.4) is 0 Å². The summed E-state index contributed by atoms with van der Waals surface area (Å²) in [6.45, 7) is 0. The SMILES string of the molecule is CN(C)C1=CC=CC2CC(O)=CC=C12. The molecule has 0 aromatic heterocycles. The highest BCUT2D eigenvalue weighted by molar-refractivity contribution is 5.45. The molecule has 2 nitrogen and oxygen atoms in total. The molecule has 0 heterocycles. The second-order valence-electron chi connectivity index (χ2n) is 3.92. The van der Waals surface area contributed by atoms with Gasteiger partial charge in [-0.15, -0.1) is 0 Å². The Labute approximate surface area is 84.5 Å². The van der Waals surface area contributed by atoms with E-state index >= 15 is 0 Å². The summed E-state index contributed by atoms with van der Waals surface area (Å²) in [6, 6.07) is 0. The summed E-state index contributed by atoms with van der Waals surface area (Å²) in [5, 5.41) is 9.42. The molecule has 14 heavy (non-hydrogen) atoms. The number of aliphatic hydroxyl groups is 1. The van der Waals surface area contributed by atoms with Gasteiger partial charge >= 0.3 is 0 Å². The molecule has 0 amide bonds. The van der Waals surface area contributed by atoms with Crippen LogP contribution < -0.4 is 0 Å². The molecule has 0 fully saturated rings. The predicted octanol–water partition coefficient (Wildman–Crippen LogP) is 2.39. The van der Waals surface area contributed by atoms with Crippen LogP contribution >= 0.6 is 0 Å². The molecular weight excluding hydrogens is 174 g/mol. The molecule has 2 aliphatic rings. The number of aliphatic hydroxyl groups excluding tert-OH is 1. The summed E-state index contributed by atoms with van der Waals surface area (Å²) >= 11 is 0. The standard InChI is InChI=1S/C12H15NO/c1-13(2)12-5-3-4-9-8-10(14)6-7-11(9)12/h3-7,9,14H,8H2,1-2H3. The van der Waals surface area contributed by atoms with Gasteiger partial charge in [-0.05, 0) is 17.7 Å². The van der Waals surface area contributed by atoms with E-state index in [9.17, 15) is 5.11 Å². The van der Waals surface area contributed by atoms with Gasteiger partial charge in [-0.1, -0.05) is 18.2 Å². The van der Waals surface area contributed by atoms with Crippen molar-refractivity contribution in [2.75, 3.05) is 14.1 Å². The molecule has 2 heteroatoms. The van der Waals surface area contributed by atoms with E-state index in [-0.39, 0.29) is 0 Å². The number of allylic oxidation sites excluding steroid dienone is 7. The fraction of sp³-hybridized carbons (Fsp3) is 0.333. The fourth-order valence-corrected chi connectivity index (χ4v) is 1.94. The lowest BCUT2D eigenvalue weighted by Crippen LogP contribution is -2.20. The van der Waals surface area contributed by atoms with E-state index in [2.05, 4.69) is 23.1 Å². The van der Waals surface area contributed by atoms with Crippen molar-refractivity contribution in [1.82, 2.24) is 4.90 Å². The van der Waals surface area contributed by atoms with Crippen LogP contribution in [0.25, 0.3) is 0 Å². The molecular formula is C12H15NO. The topological polar surface area (TPSA) is 23.5 Å². The molecule has 0 spiro atoms. The lowest BCUT2D eigenvalue weighted by molar-refractivity contribution is 0.369. The van der Waals surface area contributed by atoms with Gasteiger partial charge in [0.1, 0.15) is 0 Å². The third-order valence-electron chi connectivity index (χ3n) is 2.66. The predicted molar refractivity (Wildman–Crippen MR) is 57.8 cm³/mol. The zero-order valence-electron chi connectivity index (χ0n) is 8.57. The van der Waals surface area contributed by atoms with E-state index in [1.807, 2.05) is 20.2 Å². The third kappa shape index (κ3) is 1.48. The Bertz CT molecular complexity index is 359. The molecule has 2 aliphatic carbocycles. The lowest BCUT2D eigenvalue weighted by Gasteiger charge is -2.29. The number of nitrogens with zero attached hydrogens (tertiary/aromatic N) is 1. The van der Waals surface area contributed by atoms with Crippen molar-refractivity contribution in [2.24, 2.45) is 5.92 Å². The zero-order chi connectivity index (χ0) is 10.1. The lowest BCUT2D eigenvalue weighted by atomic mass is 9.85. The van der Waals surface area contributed by atoms with Gasteiger partial charge in [0.25, 0.3) is 0 Å². The molecule has 2 rings (SSSR count). The molecule has 0 bridgehead atoms. The maximum absolute atomic E-state index is 9.42. The summed E-state index contributed by atoms with van der Waals surface area (Å²) in [5.41, 5.74) is 2.54. The van der Waals surface area contributed by atoms with E-state index < -0.39 is 0 Å². The molecule has 1 unspecified atom stereocenters. The molecule has 0 saturated heterocycles. The van der Waals surface area contributed by atoms with E-state index in [0.29, 0.717) is 11.7 Å². The van der Waals surface area contributed by atoms with Gasteiger partial charge in [0.15, 0.2) is 0 Å². The minimum atomic E-state index is 0.349. The van der Waals surface area contributed by atoms with Crippen molar-refractivity contribution in [3.8, 4) is 0 Å². The molecule has 1 N–H and O–H groups in total. The average molecular weight is 189 g/mol. The number of likely N-dealkylation sites (N-methyl/N-ethyl adjacent to an activating group) is 1. The quantitative estimate of drug-likeness (QED) is 0.684. The van der Waals surface area contributed by atoms with Crippen LogP contribution in [0.4, 0.5) is 0 Å². The smallest absolute Gasteiger partial charge is 0.0931 e. The molecule has 0 aliphatic heterocycles. The second-order valence-corrected chi connectivity index (χ2v) is 3.92. The largest absolute Gasteiger partial charge is 0.512 e. The summed E-state index contributed by atoms with van der Waals surface area (Å²) in [5.74, 6) is 0.825. The maximum atomic E-state index is 9.42. The van der Waals surface area contributed by atoms with Gasteiger partial charge in [0.2, 0.25) is 0 Å². The van der Waals surface area contributed by atoms with Crippen LogP contribution in [0.15, 0.2) is 47.4 Å². The Hall–Kier alpha value is -1.44. The van der Waals surface area contributed by atoms with Gasteiger partial charge in [-0.25, -0.2) is 0 Å². The van der Waals surface area contributed by atoms with Crippen LogP contribution in [0.1, 0.15) is 6.42 Å². The Morgan fingerprint density at radius 1 is 1.29 bits per heavy atom. The molecule has 1 atom stereocenters. The van der Waals surface area contributed by atoms with Crippen LogP contribution in [0.2, 0.25) is 0 Å². The number of fused-ring (bicyclic) bond motifs is 1. The molecule has 0 radical (unpaired) electrons. The first kappa shape index (κ1) is 9.13. The third-order valence-corrected chi connectivity index (χ3v) is 2.66. The van der Waals surface area contributed by atoms with E-state index in [1.165, 1.54) is 11.3 Å². The van der Waals surface area contributed by atoms with Crippen LogP contribution in [0.5, 0.6) is 0 Å². The Morgan fingerprint density at radius 2 is 2.07 bits per heavy atom. The van der Waals surface area contributed by atoms with Crippen molar-refractivity contribution in [3.63, 3.8) is 0 Å². The summed E-state index contributed by atoms with van der Waals surface area (Å²) in [7, 11) is 4.09. The Balaban J connectivity index is 2.37. The van der Waals surface area contributed by atoms with Crippen molar-refractivity contribution < 1.29 is 5.11 Å². The highest BCUT2D eigenvalue weighted by Crippen LogP contribution is 2.33. The highest BCUT2D eigenvalue weighted by atomic mass is 16.3. The van der Waals surface area contributed by atoms with Gasteiger partial charge in [0, 0.05) is 32.1 Å². The number of hydrogen-bond donors (Lipinski definition) is 1. The first-order valence-electron chi connectivity index (χ1n) is 4.84. The Kier molecular flexibility index (Phi) is 2.20. The zero-order valence-corrected chi connectivity index (χ0v) is 8.57. The molecule has 0 saturated carbocycles. The first-order chi connectivity index (χ1) is 6.68. The molecule has 0 aromatic carbocycles. The van der Waals surface area contributed by atoms with Crippen LogP contribution in [0, 0.1) is 5.92 Å². The van der Waals surface area contributed by atoms with E-state index in [0.717, 1.165) is 6.42 Å². The van der Waals surface area contributed by atoms with Gasteiger partial charge in [-0.3, -0.25) is 0 Å². The van der Waals surface area contributed by atoms with Crippen LogP contribution in [-0.4, -0.2) is 24.1 Å². The summed E-state index contributed by atoms with van der Waals surface area (Å²) in [4.78, 5) is 2.11. The summed E-state index contributed by atoms with van der Waals surface area (Å²) in [6.07, 6.45) is 10.9. The minimum Gasteiger partial charge on any atom is -0.512 e. The molecule has 74 valence electrons. The van der Waals surface area contributed by atoms with Gasteiger partial charge < -0.3 is 10.0 Å². The molecule has 0 aromatic rings. The monoisotopic (exact) mass is 189 g/mol. The highest BCUT2D eigenvalue weighted by Gasteiger charge is 2.22. The number of rotatable bonds is 1.